The third kappa shape index (κ3) is 2.70. The summed E-state index contributed by atoms with van der Waals surface area (Å²) < 4.78 is 0. The summed E-state index contributed by atoms with van der Waals surface area (Å²) >= 11 is 0. The Bertz CT molecular complexity index is 513. The molecule has 0 aromatic heterocycles. The van der Waals surface area contributed by atoms with E-state index < -0.39 is 11.9 Å². The van der Waals surface area contributed by atoms with Gasteiger partial charge in [-0.05, 0) is 49.9 Å². The van der Waals surface area contributed by atoms with Crippen molar-refractivity contribution in [1.82, 2.24) is 4.90 Å². The van der Waals surface area contributed by atoms with Crippen LogP contribution in [-0.4, -0.2) is 34.4 Å². The van der Waals surface area contributed by atoms with E-state index in [-0.39, 0.29) is 11.7 Å². The van der Waals surface area contributed by atoms with Gasteiger partial charge in [0.1, 0.15) is 11.8 Å². The Kier molecular flexibility index (Phi) is 3.74. The summed E-state index contributed by atoms with van der Waals surface area (Å²) in [5.41, 5.74) is 6.47. The van der Waals surface area contributed by atoms with Gasteiger partial charge in [-0.1, -0.05) is 0 Å². The third-order valence-corrected chi connectivity index (χ3v) is 3.54. The molecule has 1 aliphatic heterocycles. The summed E-state index contributed by atoms with van der Waals surface area (Å²) in [6, 6.07) is 4.17. The molecule has 2 amide bonds. The van der Waals surface area contributed by atoms with Crippen molar-refractivity contribution in [3.8, 4) is 5.75 Å². The van der Waals surface area contributed by atoms with Crippen LogP contribution in [0.3, 0.4) is 0 Å². The fraction of sp³-hybridized carbons (Fsp3) is 0.429. The molecule has 3 N–H and O–H groups in total. The number of nitrogens with zero attached hydrogens (tertiary/aromatic N) is 1. The quantitative estimate of drug-likeness (QED) is 0.839. The molecule has 1 fully saturated rings. The minimum Gasteiger partial charge on any atom is -0.508 e. The van der Waals surface area contributed by atoms with Crippen molar-refractivity contribution in [2.75, 3.05) is 6.54 Å². The van der Waals surface area contributed by atoms with Crippen molar-refractivity contribution in [1.29, 1.82) is 0 Å². The van der Waals surface area contributed by atoms with E-state index in [0.717, 1.165) is 12.8 Å². The second-order valence-corrected chi connectivity index (χ2v) is 4.91. The minimum absolute atomic E-state index is 0.154. The van der Waals surface area contributed by atoms with Gasteiger partial charge in [0.25, 0.3) is 5.91 Å². The number of carbonyl (C=O) groups is 2. The summed E-state index contributed by atoms with van der Waals surface area (Å²) in [6.07, 6.45) is 2.41. The number of phenols is 1. The highest BCUT2D eigenvalue weighted by molar-refractivity contribution is 5.97. The van der Waals surface area contributed by atoms with Gasteiger partial charge < -0.3 is 15.7 Å². The smallest absolute Gasteiger partial charge is 0.254 e. The Morgan fingerprint density at radius 3 is 2.74 bits per heavy atom. The molecule has 1 unspecified atom stereocenters. The number of hydrogen-bond acceptors (Lipinski definition) is 3. The lowest BCUT2D eigenvalue weighted by Crippen LogP contribution is -2.50. The molecular weight excluding hydrogens is 244 g/mol. The Balaban J connectivity index is 2.26. The molecular formula is C14H18N2O3. The minimum atomic E-state index is -0.518. The molecule has 1 heterocycles. The highest BCUT2D eigenvalue weighted by Crippen LogP contribution is 2.22. The molecule has 19 heavy (non-hydrogen) atoms. The number of rotatable bonds is 2. The Morgan fingerprint density at radius 2 is 2.11 bits per heavy atom. The summed E-state index contributed by atoms with van der Waals surface area (Å²) in [5, 5.41) is 9.48. The monoisotopic (exact) mass is 262 g/mol. The van der Waals surface area contributed by atoms with Crippen LogP contribution in [0.4, 0.5) is 0 Å². The van der Waals surface area contributed by atoms with Gasteiger partial charge in [0.05, 0.1) is 0 Å². The average Bonchev–Trinajstić information content (AvgIpc) is 2.41. The number of phenolic OH excluding ortho intramolecular Hbond substituents is 1. The van der Waals surface area contributed by atoms with Crippen LogP contribution in [0.1, 0.15) is 35.2 Å². The molecule has 1 aliphatic rings. The molecule has 0 saturated carbocycles. The zero-order chi connectivity index (χ0) is 14.0. The first kappa shape index (κ1) is 13.4. The molecule has 0 radical (unpaired) electrons. The van der Waals surface area contributed by atoms with Gasteiger partial charge in [0.2, 0.25) is 5.91 Å². The van der Waals surface area contributed by atoms with E-state index in [4.69, 9.17) is 5.73 Å². The van der Waals surface area contributed by atoms with Crippen molar-refractivity contribution in [2.45, 2.75) is 32.2 Å². The molecule has 1 aromatic carbocycles. The number of benzene rings is 1. The number of hydrogen-bond donors (Lipinski definition) is 2. The zero-order valence-electron chi connectivity index (χ0n) is 10.9. The molecule has 5 nitrogen and oxygen atoms in total. The molecule has 2 rings (SSSR count). The number of likely N-dealkylation sites (tertiary alicyclic amines) is 1. The van der Waals surface area contributed by atoms with Crippen LogP contribution in [0.2, 0.25) is 0 Å². The first-order valence-electron chi connectivity index (χ1n) is 6.40. The number of aryl methyl sites for hydroxylation is 1. The maximum atomic E-state index is 12.4. The first-order chi connectivity index (χ1) is 9.00. The van der Waals surface area contributed by atoms with Gasteiger partial charge in [-0.25, -0.2) is 0 Å². The topological polar surface area (TPSA) is 83.6 Å². The lowest BCUT2D eigenvalue weighted by molar-refractivity contribution is -0.123. The fourth-order valence-electron chi connectivity index (χ4n) is 2.42. The van der Waals surface area contributed by atoms with Crippen LogP contribution in [0.5, 0.6) is 5.75 Å². The molecule has 5 heteroatoms. The lowest BCUT2D eigenvalue weighted by atomic mass is 10.00. The Morgan fingerprint density at radius 1 is 1.37 bits per heavy atom. The molecule has 1 saturated heterocycles. The Hall–Kier alpha value is -2.04. The second-order valence-electron chi connectivity index (χ2n) is 4.91. The predicted molar refractivity (Wildman–Crippen MR) is 70.7 cm³/mol. The SMILES string of the molecule is Cc1cc(C(=O)N2CCCCC2C(N)=O)ccc1O. The van der Waals surface area contributed by atoms with E-state index in [1.807, 2.05) is 0 Å². The van der Waals surface area contributed by atoms with E-state index in [1.54, 1.807) is 19.1 Å². The number of nitrogens with two attached hydrogens (primary N) is 1. The van der Waals surface area contributed by atoms with Crippen LogP contribution in [0.15, 0.2) is 18.2 Å². The number of aromatic hydroxyl groups is 1. The summed E-state index contributed by atoms with van der Waals surface area (Å²) in [6.45, 7) is 2.28. The van der Waals surface area contributed by atoms with E-state index in [1.165, 1.54) is 11.0 Å². The molecule has 1 atom stereocenters. The third-order valence-electron chi connectivity index (χ3n) is 3.54. The molecule has 0 spiro atoms. The summed E-state index contributed by atoms with van der Waals surface area (Å²) in [7, 11) is 0. The molecule has 102 valence electrons. The van der Waals surface area contributed by atoms with Gasteiger partial charge in [-0.15, -0.1) is 0 Å². The summed E-state index contributed by atoms with van der Waals surface area (Å²) in [5.74, 6) is -0.503. The largest absolute Gasteiger partial charge is 0.508 e. The maximum Gasteiger partial charge on any atom is 0.254 e. The van der Waals surface area contributed by atoms with Gasteiger partial charge in [-0.2, -0.15) is 0 Å². The fourth-order valence-corrected chi connectivity index (χ4v) is 2.42. The zero-order valence-corrected chi connectivity index (χ0v) is 10.9. The highest BCUT2D eigenvalue weighted by Gasteiger charge is 2.31. The van der Waals surface area contributed by atoms with Crippen LogP contribution in [0, 0.1) is 6.92 Å². The normalized spacial score (nSPS) is 19.2. The Labute approximate surface area is 112 Å². The number of amides is 2. The standard InChI is InChI=1S/C14H18N2O3/c1-9-8-10(5-6-12(9)17)14(19)16-7-3-2-4-11(16)13(15)18/h5-6,8,11,17H,2-4,7H2,1H3,(H2,15,18). The van der Waals surface area contributed by atoms with Crippen LogP contribution in [-0.2, 0) is 4.79 Å². The van der Waals surface area contributed by atoms with Crippen LogP contribution in [0.25, 0.3) is 0 Å². The van der Waals surface area contributed by atoms with Gasteiger partial charge in [0, 0.05) is 12.1 Å². The van der Waals surface area contributed by atoms with Crippen molar-refractivity contribution >= 4 is 11.8 Å². The van der Waals surface area contributed by atoms with Crippen LogP contribution < -0.4 is 5.73 Å². The predicted octanol–water partition coefficient (Wildman–Crippen LogP) is 1.18. The average molecular weight is 262 g/mol. The molecule has 0 aliphatic carbocycles. The van der Waals surface area contributed by atoms with Crippen molar-refractivity contribution in [3.05, 3.63) is 29.3 Å². The lowest BCUT2D eigenvalue weighted by Gasteiger charge is -2.33. The van der Waals surface area contributed by atoms with Crippen molar-refractivity contribution in [2.24, 2.45) is 5.73 Å². The first-order valence-corrected chi connectivity index (χ1v) is 6.40. The molecule has 0 bridgehead atoms. The maximum absolute atomic E-state index is 12.4. The van der Waals surface area contributed by atoms with E-state index in [0.29, 0.717) is 24.1 Å². The van der Waals surface area contributed by atoms with Gasteiger partial charge in [-0.3, -0.25) is 9.59 Å². The second kappa shape index (κ2) is 5.30. The number of piperidine rings is 1. The van der Waals surface area contributed by atoms with E-state index in [2.05, 4.69) is 0 Å². The number of carbonyl (C=O) groups excluding carboxylic acids is 2. The van der Waals surface area contributed by atoms with Crippen molar-refractivity contribution < 1.29 is 14.7 Å². The van der Waals surface area contributed by atoms with Gasteiger partial charge in [0.15, 0.2) is 0 Å². The van der Waals surface area contributed by atoms with E-state index >= 15 is 0 Å². The van der Waals surface area contributed by atoms with E-state index in [9.17, 15) is 14.7 Å². The number of primary amides is 1. The highest BCUT2D eigenvalue weighted by atomic mass is 16.3. The summed E-state index contributed by atoms with van der Waals surface area (Å²) in [4.78, 5) is 25.4. The van der Waals surface area contributed by atoms with Gasteiger partial charge >= 0.3 is 0 Å². The molecule has 1 aromatic rings. The van der Waals surface area contributed by atoms with Crippen molar-refractivity contribution in [3.63, 3.8) is 0 Å². The van der Waals surface area contributed by atoms with Crippen LogP contribution >= 0.6 is 0 Å².